The number of carbonyl (C=O) groups excluding carboxylic acids is 1. The second kappa shape index (κ2) is 9.18. The molecule has 142 valence electrons. The second-order valence-electron chi connectivity index (χ2n) is 6.32. The van der Waals surface area contributed by atoms with E-state index in [9.17, 15) is 9.90 Å². The summed E-state index contributed by atoms with van der Waals surface area (Å²) in [5.74, 6) is 0. The van der Waals surface area contributed by atoms with E-state index < -0.39 is 12.1 Å². The molecule has 0 aromatic heterocycles. The maximum Gasteiger partial charge on any atom is 0.326 e. The SMILES string of the molecule is N#Cc1ccc(NC(=O)N(CC(O)c2ccccc2)c2ccc(C#N)cc2)cc1. The predicted molar refractivity (Wildman–Crippen MR) is 110 cm³/mol. The molecule has 0 heterocycles. The molecule has 6 heteroatoms. The number of aliphatic hydroxyl groups excluding tert-OH is 1. The maximum atomic E-state index is 13.0. The van der Waals surface area contributed by atoms with Crippen molar-refractivity contribution in [2.75, 3.05) is 16.8 Å². The highest BCUT2D eigenvalue weighted by Gasteiger charge is 2.21. The van der Waals surface area contributed by atoms with Crippen LogP contribution in [0.5, 0.6) is 0 Å². The maximum absolute atomic E-state index is 13.0. The molecule has 0 aliphatic rings. The normalized spacial score (nSPS) is 11.0. The third kappa shape index (κ3) is 4.98. The quantitative estimate of drug-likeness (QED) is 0.690. The van der Waals surface area contributed by atoms with Crippen LogP contribution in [0.25, 0.3) is 0 Å². The molecule has 29 heavy (non-hydrogen) atoms. The summed E-state index contributed by atoms with van der Waals surface area (Å²) in [6, 6.07) is 25.8. The summed E-state index contributed by atoms with van der Waals surface area (Å²) in [6.45, 7) is 0.0258. The van der Waals surface area contributed by atoms with E-state index >= 15 is 0 Å². The average Bonchev–Trinajstić information content (AvgIpc) is 2.78. The molecule has 0 saturated heterocycles. The second-order valence-corrected chi connectivity index (χ2v) is 6.32. The van der Waals surface area contributed by atoms with Crippen molar-refractivity contribution >= 4 is 17.4 Å². The summed E-state index contributed by atoms with van der Waals surface area (Å²) < 4.78 is 0. The largest absolute Gasteiger partial charge is 0.387 e. The third-order valence-electron chi connectivity index (χ3n) is 4.36. The number of aliphatic hydroxyl groups is 1. The number of hydrogen-bond donors (Lipinski definition) is 2. The van der Waals surface area contributed by atoms with Gasteiger partial charge in [0.15, 0.2) is 0 Å². The third-order valence-corrected chi connectivity index (χ3v) is 4.36. The Kier molecular flexibility index (Phi) is 6.22. The minimum atomic E-state index is -0.890. The first kappa shape index (κ1) is 19.6. The Labute approximate surface area is 168 Å². The molecule has 6 nitrogen and oxygen atoms in total. The number of rotatable bonds is 5. The fraction of sp³-hybridized carbons (Fsp3) is 0.0870. The molecule has 0 aliphatic carbocycles. The Balaban J connectivity index is 1.85. The molecular weight excluding hydrogens is 364 g/mol. The summed E-state index contributed by atoms with van der Waals surface area (Å²) in [5.41, 5.74) is 2.74. The summed E-state index contributed by atoms with van der Waals surface area (Å²) in [5, 5.41) is 31.3. The Morgan fingerprint density at radius 2 is 1.45 bits per heavy atom. The van der Waals surface area contributed by atoms with Gasteiger partial charge < -0.3 is 10.4 Å². The summed E-state index contributed by atoms with van der Waals surface area (Å²) in [7, 11) is 0. The van der Waals surface area contributed by atoms with Crippen LogP contribution in [-0.4, -0.2) is 17.7 Å². The number of urea groups is 1. The van der Waals surface area contributed by atoms with Gasteiger partial charge in [-0.15, -0.1) is 0 Å². The van der Waals surface area contributed by atoms with Crippen molar-refractivity contribution in [2.45, 2.75) is 6.10 Å². The van der Waals surface area contributed by atoms with Crippen LogP contribution in [0, 0.1) is 22.7 Å². The van der Waals surface area contributed by atoms with Crippen LogP contribution in [-0.2, 0) is 0 Å². The van der Waals surface area contributed by atoms with Gasteiger partial charge in [-0.2, -0.15) is 10.5 Å². The highest BCUT2D eigenvalue weighted by Crippen LogP contribution is 2.22. The number of nitrogens with zero attached hydrogens (tertiary/aromatic N) is 3. The number of anilines is 2. The van der Waals surface area contributed by atoms with Gasteiger partial charge in [-0.05, 0) is 54.1 Å². The minimum Gasteiger partial charge on any atom is -0.387 e. The number of nitriles is 2. The summed E-state index contributed by atoms with van der Waals surface area (Å²) in [6.07, 6.45) is -0.890. The topological polar surface area (TPSA) is 100 Å². The molecular formula is C23H18N4O2. The van der Waals surface area contributed by atoms with Crippen LogP contribution in [0.4, 0.5) is 16.2 Å². The lowest BCUT2D eigenvalue weighted by molar-refractivity contribution is 0.183. The van der Waals surface area contributed by atoms with Gasteiger partial charge in [-0.1, -0.05) is 30.3 Å². The van der Waals surface area contributed by atoms with Crippen LogP contribution in [0.3, 0.4) is 0 Å². The molecule has 0 bridgehead atoms. The summed E-state index contributed by atoms with van der Waals surface area (Å²) >= 11 is 0. The van der Waals surface area contributed by atoms with Crippen molar-refractivity contribution in [1.82, 2.24) is 0 Å². The van der Waals surface area contributed by atoms with Gasteiger partial charge in [0.05, 0.1) is 35.9 Å². The van der Waals surface area contributed by atoms with Gasteiger partial charge in [0.1, 0.15) is 0 Å². The van der Waals surface area contributed by atoms with Crippen molar-refractivity contribution in [3.8, 4) is 12.1 Å². The predicted octanol–water partition coefficient (Wildman–Crippen LogP) is 4.20. The van der Waals surface area contributed by atoms with Gasteiger partial charge in [-0.25, -0.2) is 4.79 Å². The molecule has 2 amide bonds. The van der Waals surface area contributed by atoms with Gasteiger partial charge in [-0.3, -0.25) is 4.90 Å². The van der Waals surface area contributed by atoms with E-state index in [1.54, 1.807) is 60.7 Å². The van der Waals surface area contributed by atoms with Crippen molar-refractivity contribution in [3.05, 3.63) is 95.6 Å². The average molecular weight is 382 g/mol. The molecule has 3 aromatic rings. The van der Waals surface area contributed by atoms with Crippen molar-refractivity contribution in [1.29, 1.82) is 10.5 Å². The molecule has 0 spiro atoms. The lowest BCUT2D eigenvalue weighted by Gasteiger charge is -2.26. The van der Waals surface area contributed by atoms with Crippen LogP contribution in [0.2, 0.25) is 0 Å². The van der Waals surface area contributed by atoms with E-state index in [4.69, 9.17) is 10.5 Å². The van der Waals surface area contributed by atoms with Crippen molar-refractivity contribution < 1.29 is 9.90 Å². The van der Waals surface area contributed by atoms with Gasteiger partial charge in [0, 0.05) is 11.4 Å². The number of carbonyl (C=O) groups is 1. The molecule has 3 rings (SSSR count). The van der Waals surface area contributed by atoms with Crippen LogP contribution in [0.15, 0.2) is 78.9 Å². The van der Waals surface area contributed by atoms with Crippen molar-refractivity contribution in [3.63, 3.8) is 0 Å². The number of amides is 2. The Morgan fingerprint density at radius 1 is 0.897 bits per heavy atom. The van der Waals surface area contributed by atoms with Crippen molar-refractivity contribution in [2.24, 2.45) is 0 Å². The molecule has 0 aliphatic heterocycles. The first-order chi connectivity index (χ1) is 14.1. The molecule has 0 fully saturated rings. The first-order valence-electron chi connectivity index (χ1n) is 8.92. The molecule has 1 unspecified atom stereocenters. The fourth-order valence-electron chi connectivity index (χ4n) is 2.79. The van der Waals surface area contributed by atoms with Gasteiger partial charge >= 0.3 is 6.03 Å². The van der Waals surface area contributed by atoms with E-state index in [2.05, 4.69) is 5.32 Å². The Bertz CT molecular complexity index is 1050. The number of benzene rings is 3. The summed E-state index contributed by atoms with van der Waals surface area (Å²) in [4.78, 5) is 14.4. The molecule has 2 N–H and O–H groups in total. The molecule has 0 radical (unpaired) electrons. The number of hydrogen-bond acceptors (Lipinski definition) is 4. The fourth-order valence-corrected chi connectivity index (χ4v) is 2.79. The first-order valence-corrected chi connectivity index (χ1v) is 8.92. The standard InChI is InChI=1S/C23H18N4O2/c24-14-17-6-10-20(11-7-17)26-23(29)27(21-12-8-18(15-25)9-13-21)16-22(28)19-4-2-1-3-5-19/h1-13,22,28H,16H2,(H,26,29). The van der Waals surface area contributed by atoms with Crippen LogP contribution in [0.1, 0.15) is 22.8 Å². The van der Waals surface area contributed by atoms with Gasteiger partial charge in [0.2, 0.25) is 0 Å². The van der Waals surface area contributed by atoms with E-state index in [0.717, 1.165) is 0 Å². The van der Waals surface area contributed by atoms with Crippen LogP contribution >= 0.6 is 0 Å². The highest BCUT2D eigenvalue weighted by molar-refractivity contribution is 6.01. The van der Waals surface area contributed by atoms with Gasteiger partial charge in [0.25, 0.3) is 0 Å². The Hall–Kier alpha value is -4.13. The highest BCUT2D eigenvalue weighted by atomic mass is 16.3. The molecule has 0 saturated carbocycles. The zero-order valence-corrected chi connectivity index (χ0v) is 15.5. The number of nitrogens with one attached hydrogen (secondary N) is 1. The van der Waals surface area contributed by atoms with E-state index in [-0.39, 0.29) is 6.54 Å². The molecule has 1 atom stereocenters. The monoisotopic (exact) mass is 382 g/mol. The minimum absolute atomic E-state index is 0.0258. The Morgan fingerprint density at radius 3 is 2.00 bits per heavy atom. The lowest BCUT2D eigenvalue weighted by Crippen LogP contribution is -2.38. The van der Waals surface area contributed by atoms with Crippen LogP contribution < -0.4 is 10.2 Å². The van der Waals surface area contributed by atoms with E-state index in [0.29, 0.717) is 28.1 Å². The lowest BCUT2D eigenvalue weighted by atomic mass is 10.1. The zero-order chi connectivity index (χ0) is 20.6. The van der Waals surface area contributed by atoms with E-state index in [1.165, 1.54) is 4.90 Å². The van der Waals surface area contributed by atoms with E-state index in [1.807, 2.05) is 30.3 Å². The smallest absolute Gasteiger partial charge is 0.326 e. The zero-order valence-electron chi connectivity index (χ0n) is 15.5. The molecule has 3 aromatic carbocycles.